The summed E-state index contributed by atoms with van der Waals surface area (Å²) in [6, 6.07) is 3.44. The molecule has 1 fully saturated rings. The summed E-state index contributed by atoms with van der Waals surface area (Å²) in [5.74, 6) is -3.25. The van der Waals surface area contributed by atoms with Crippen molar-refractivity contribution in [1.82, 2.24) is 9.88 Å². The molecule has 2 rings (SSSR count). The molecule has 1 aromatic heterocycles. The maximum absolute atomic E-state index is 13.0. The van der Waals surface area contributed by atoms with E-state index in [-0.39, 0.29) is 0 Å². The molecule has 1 aliphatic rings. The molecule has 112 valence electrons. The van der Waals surface area contributed by atoms with Gasteiger partial charge in [-0.2, -0.15) is 8.78 Å². The van der Waals surface area contributed by atoms with E-state index in [1.165, 1.54) is 11.1 Å². The van der Waals surface area contributed by atoms with Gasteiger partial charge in [-0.05, 0) is 12.1 Å². The number of halogens is 5. The summed E-state index contributed by atoms with van der Waals surface area (Å²) >= 11 is 5.73. The van der Waals surface area contributed by atoms with Gasteiger partial charge < -0.3 is 4.90 Å². The zero-order valence-electron chi connectivity index (χ0n) is 10.6. The average Bonchev–Trinajstić information content (AvgIpc) is 2.40. The lowest BCUT2D eigenvalue weighted by Crippen LogP contribution is -2.51. The Kier molecular flexibility index (Phi) is 4.70. The highest BCUT2D eigenvalue weighted by Crippen LogP contribution is 2.25. The van der Waals surface area contributed by atoms with E-state index in [2.05, 4.69) is 4.98 Å². The summed E-state index contributed by atoms with van der Waals surface area (Å²) in [7, 11) is 0. The van der Waals surface area contributed by atoms with E-state index in [9.17, 15) is 17.6 Å². The predicted molar refractivity (Wildman–Crippen MR) is 68.9 cm³/mol. The molecule has 1 aliphatic heterocycles. The summed E-state index contributed by atoms with van der Waals surface area (Å²) in [6.45, 7) is 0.619. The minimum atomic E-state index is -3.96. The van der Waals surface area contributed by atoms with Gasteiger partial charge in [0, 0.05) is 32.4 Å². The van der Waals surface area contributed by atoms with E-state index in [1.54, 1.807) is 12.1 Å². The van der Waals surface area contributed by atoms with Crippen LogP contribution in [0.1, 0.15) is 0 Å². The van der Waals surface area contributed by atoms with Crippen LogP contribution in [0, 0.1) is 0 Å². The van der Waals surface area contributed by atoms with Gasteiger partial charge in [0.05, 0.1) is 11.6 Å². The lowest BCUT2D eigenvalue weighted by molar-refractivity contribution is -0.142. The van der Waals surface area contributed by atoms with E-state index in [1.807, 2.05) is 4.90 Å². The highest BCUT2D eigenvalue weighted by Gasteiger charge is 2.42. The van der Waals surface area contributed by atoms with E-state index >= 15 is 0 Å². The first kappa shape index (κ1) is 15.3. The third kappa shape index (κ3) is 3.73. The van der Waals surface area contributed by atoms with Gasteiger partial charge >= 0.3 is 12.3 Å². The smallest absolute Gasteiger partial charge is 0.319 e. The molecule has 2 heterocycles. The fraction of sp³-hybridized carbons (Fsp3) is 0.583. The lowest BCUT2D eigenvalue weighted by atomic mass is 10.2. The maximum atomic E-state index is 13.0. The van der Waals surface area contributed by atoms with Crippen molar-refractivity contribution >= 4 is 17.4 Å². The van der Waals surface area contributed by atoms with Gasteiger partial charge in [0.2, 0.25) is 0 Å². The molecular formula is C12H14ClF4N3. The Bertz CT molecular complexity index is 433. The highest BCUT2D eigenvalue weighted by atomic mass is 35.5. The van der Waals surface area contributed by atoms with Gasteiger partial charge in [-0.3, -0.25) is 4.90 Å². The minimum absolute atomic E-state index is 0.298. The normalized spacial score (nSPS) is 17.8. The Balaban J connectivity index is 1.88. The summed E-state index contributed by atoms with van der Waals surface area (Å²) < 4.78 is 50.2. The van der Waals surface area contributed by atoms with Crippen molar-refractivity contribution in [3.05, 3.63) is 23.4 Å². The van der Waals surface area contributed by atoms with Crippen LogP contribution in [0.4, 0.5) is 23.4 Å². The second-order valence-electron chi connectivity index (χ2n) is 4.66. The molecule has 0 atom stereocenters. The third-order valence-electron chi connectivity index (χ3n) is 3.16. The van der Waals surface area contributed by atoms with Crippen molar-refractivity contribution < 1.29 is 17.6 Å². The molecule has 0 N–H and O–H groups in total. The number of hydrogen-bond acceptors (Lipinski definition) is 3. The topological polar surface area (TPSA) is 19.4 Å². The molecule has 0 unspecified atom stereocenters. The van der Waals surface area contributed by atoms with Crippen molar-refractivity contribution in [1.29, 1.82) is 0 Å². The summed E-state index contributed by atoms with van der Waals surface area (Å²) in [6.07, 6.45) is -2.12. The Labute approximate surface area is 119 Å². The van der Waals surface area contributed by atoms with Crippen molar-refractivity contribution in [3.63, 3.8) is 0 Å². The zero-order valence-corrected chi connectivity index (χ0v) is 11.3. The fourth-order valence-electron chi connectivity index (χ4n) is 2.06. The summed E-state index contributed by atoms with van der Waals surface area (Å²) in [4.78, 5) is 7.39. The second-order valence-corrected chi connectivity index (χ2v) is 5.10. The first-order valence-corrected chi connectivity index (χ1v) is 6.51. The maximum Gasteiger partial charge on any atom is 0.319 e. The fourth-order valence-corrected chi connectivity index (χ4v) is 2.17. The van der Waals surface area contributed by atoms with Crippen LogP contribution in [0.15, 0.2) is 18.3 Å². The largest absolute Gasteiger partial charge is 0.354 e. The third-order valence-corrected chi connectivity index (χ3v) is 3.39. The molecule has 3 nitrogen and oxygen atoms in total. The Morgan fingerprint density at radius 2 is 1.85 bits per heavy atom. The Hall–Kier alpha value is -1.08. The molecule has 0 radical (unpaired) electrons. The average molecular weight is 312 g/mol. The lowest BCUT2D eigenvalue weighted by Gasteiger charge is -2.36. The van der Waals surface area contributed by atoms with Crippen molar-refractivity contribution in [2.24, 2.45) is 0 Å². The van der Waals surface area contributed by atoms with Crippen LogP contribution in [-0.2, 0) is 0 Å². The van der Waals surface area contributed by atoms with Gasteiger partial charge in [-0.25, -0.2) is 13.8 Å². The number of rotatable bonds is 4. The SMILES string of the molecule is FC(F)C(F)(F)CN1CCN(c2ccc(Cl)cn2)CC1. The van der Waals surface area contributed by atoms with Crippen LogP contribution in [0.5, 0.6) is 0 Å². The highest BCUT2D eigenvalue weighted by molar-refractivity contribution is 6.30. The molecule has 0 amide bonds. The Morgan fingerprint density at radius 3 is 2.35 bits per heavy atom. The van der Waals surface area contributed by atoms with Gasteiger partial charge in [0.1, 0.15) is 5.82 Å². The molecule has 8 heteroatoms. The van der Waals surface area contributed by atoms with Crippen molar-refractivity contribution in [2.75, 3.05) is 37.6 Å². The zero-order chi connectivity index (χ0) is 14.8. The molecule has 1 aromatic rings. The predicted octanol–water partition coefficient (Wildman–Crippen LogP) is 2.76. The van der Waals surface area contributed by atoms with E-state index in [0.29, 0.717) is 37.0 Å². The standard InChI is InChI=1S/C12H14ClF4N3/c13-9-1-2-10(18-7-9)20-5-3-19(4-6-20)8-12(16,17)11(14)15/h1-2,7,11H,3-6,8H2. The number of anilines is 1. The first-order chi connectivity index (χ1) is 9.38. The number of hydrogen-bond donors (Lipinski definition) is 0. The van der Waals surface area contributed by atoms with Crippen LogP contribution in [0.2, 0.25) is 5.02 Å². The van der Waals surface area contributed by atoms with Crippen molar-refractivity contribution in [2.45, 2.75) is 12.3 Å². The van der Waals surface area contributed by atoms with E-state index < -0.39 is 18.9 Å². The molecule has 0 aliphatic carbocycles. The number of piperazine rings is 1. The van der Waals surface area contributed by atoms with Crippen molar-refractivity contribution in [3.8, 4) is 0 Å². The number of nitrogens with zero attached hydrogens (tertiary/aromatic N) is 3. The molecule has 0 bridgehead atoms. The molecule has 0 aromatic carbocycles. The van der Waals surface area contributed by atoms with Gasteiger partial charge in [0.25, 0.3) is 0 Å². The van der Waals surface area contributed by atoms with Crippen LogP contribution in [0.3, 0.4) is 0 Å². The van der Waals surface area contributed by atoms with Gasteiger partial charge in [-0.15, -0.1) is 0 Å². The van der Waals surface area contributed by atoms with Crippen LogP contribution >= 0.6 is 11.6 Å². The summed E-state index contributed by atoms with van der Waals surface area (Å²) in [5, 5.41) is 0.518. The van der Waals surface area contributed by atoms with E-state index in [0.717, 1.165) is 0 Å². The minimum Gasteiger partial charge on any atom is -0.354 e. The molecule has 0 spiro atoms. The quantitative estimate of drug-likeness (QED) is 0.797. The number of pyridine rings is 1. The number of aromatic nitrogens is 1. The van der Waals surface area contributed by atoms with E-state index in [4.69, 9.17) is 11.6 Å². The van der Waals surface area contributed by atoms with Crippen LogP contribution in [0.25, 0.3) is 0 Å². The molecular weight excluding hydrogens is 298 g/mol. The monoisotopic (exact) mass is 311 g/mol. The van der Waals surface area contributed by atoms with Crippen LogP contribution < -0.4 is 4.90 Å². The summed E-state index contributed by atoms with van der Waals surface area (Å²) in [5.41, 5.74) is 0. The number of alkyl halides is 4. The first-order valence-electron chi connectivity index (χ1n) is 6.13. The van der Waals surface area contributed by atoms with Crippen LogP contribution in [-0.4, -0.2) is 55.0 Å². The molecule has 0 saturated carbocycles. The molecule has 20 heavy (non-hydrogen) atoms. The van der Waals surface area contributed by atoms with Gasteiger partial charge in [0.15, 0.2) is 0 Å². The molecule has 1 saturated heterocycles. The van der Waals surface area contributed by atoms with Gasteiger partial charge in [-0.1, -0.05) is 11.6 Å². The second kappa shape index (κ2) is 6.13. The Morgan fingerprint density at radius 1 is 1.20 bits per heavy atom.